The first-order valence-corrected chi connectivity index (χ1v) is 11.9. The Morgan fingerprint density at radius 3 is 2.50 bits per heavy atom. The number of nitrogens with one attached hydrogen (secondary N) is 3. The van der Waals surface area contributed by atoms with Gasteiger partial charge in [0.15, 0.2) is 5.11 Å². The Hall–Kier alpha value is -2.44. The number of carbonyl (C=O) groups is 1. The molecule has 1 fully saturated rings. The molecule has 1 aliphatic rings. The van der Waals surface area contributed by atoms with Crippen LogP contribution in [0.5, 0.6) is 5.75 Å². The summed E-state index contributed by atoms with van der Waals surface area (Å²) in [6.45, 7) is 1.51. The number of hydrogen-bond acceptors (Lipinski definition) is 6. The Kier molecular flexibility index (Phi) is 8.26. The van der Waals surface area contributed by atoms with Crippen molar-refractivity contribution < 1.29 is 22.7 Å². The maximum atomic E-state index is 12.9. The molecule has 0 bridgehead atoms. The highest BCUT2D eigenvalue weighted by atomic mass is 35.5. The second-order valence-corrected chi connectivity index (χ2v) is 9.49. The highest BCUT2D eigenvalue weighted by Gasteiger charge is 2.29. The van der Waals surface area contributed by atoms with Crippen LogP contribution in [0.2, 0.25) is 5.02 Å². The highest BCUT2D eigenvalue weighted by Crippen LogP contribution is 2.26. The van der Waals surface area contributed by atoms with Crippen molar-refractivity contribution in [2.24, 2.45) is 0 Å². The van der Waals surface area contributed by atoms with Crippen molar-refractivity contribution in [3.8, 4) is 5.75 Å². The van der Waals surface area contributed by atoms with E-state index in [1.165, 1.54) is 22.5 Å². The standard InChI is InChI=1S/C20H23ClN4O5S2/c1-29-16-5-2-14(3-6-16)13-22-20(31)24-23-19(26)15-4-7-17(21)18(12-15)32(27,28)25-8-10-30-11-9-25/h2-7,12H,8-11,13H2,1H3,(H,23,26)(H2,22,24,31). The molecule has 1 heterocycles. The lowest BCUT2D eigenvalue weighted by molar-refractivity contribution is 0.0730. The fourth-order valence-electron chi connectivity index (χ4n) is 2.92. The van der Waals surface area contributed by atoms with Crippen LogP contribution in [0.15, 0.2) is 47.4 Å². The number of thiocarbonyl (C=S) groups is 1. The molecular weight excluding hydrogens is 476 g/mol. The summed E-state index contributed by atoms with van der Waals surface area (Å²) in [5, 5.41) is 3.20. The predicted octanol–water partition coefficient (Wildman–Crippen LogP) is 1.68. The summed E-state index contributed by atoms with van der Waals surface area (Å²) in [7, 11) is -2.26. The van der Waals surface area contributed by atoms with E-state index in [1.54, 1.807) is 7.11 Å². The summed E-state index contributed by atoms with van der Waals surface area (Å²) >= 11 is 11.3. The second-order valence-electron chi connectivity index (χ2n) is 6.77. The zero-order valence-electron chi connectivity index (χ0n) is 17.3. The molecule has 32 heavy (non-hydrogen) atoms. The molecule has 0 saturated carbocycles. The van der Waals surface area contributed by atoms with Gasteiger partial charge in [0, 0.05) is 25.2 Å². The first kappa shape index (κ1) is 24.2. The van der Waals surface area contributed by atoms with Crippen molar-refractivity contribution in [2.45, 2.75) is 11.4 Å². The molecule has 0 radical (unpaired) electrons. The summed E-state index contributed by atoms with van der Waals surface area (Å²) in [5.41, 5.74) is 6.13. The Morgan fingerprint density at radius 1 is 1.16 bits per heavy atom. The number of amides is 1. The summed E-state index contributed by atoms with van der Waals surface area (Å²) < 4.78 is 37.4. The van der Waals surface area contributed by atoms with Crippen molar-refractivity contribution in [1.82, 2.24) is 20.5 Å². The van der Waals surface area contributed by atoms with E-state index < -0.39 is 15.9 Å². The van der Waals surface area contributed by atoms with Crippen LogP contribution in [0.1, 0.15) is 15.9 Å². The van der Waals surface area contributed by atoms with Crippen molar-refractivity contribution in [1.29, 1.82) is 0 Å². The monoisotopic (exact) mass is 498 g/mol. The normalized spacial score (nSPS) is 14.4. The van der Waals surface area contributed by atoms with Crippen LogP contribution in [0.25, 0.3) is 0 Å². The van der Waals surface area contributed by atoms with E-state index in [2.05, 4.69) is 16.2 Å². The molecule has 12 heteroatoms. The number of carbonyl (C=O) groups excluding carboxylic acids is 1. The smallest absolute Gasteiger partial charge is 0.269 e. The van der Waals surface area contributed by atoms with E-state index in [1.807, 2.05) is 24.3 Å². The first-order chi connectivity index (χ1) is 15.3. The molecule has 0 aromatic heterocycles. The number of benzene rings is 2. The molecule has 0 unspecified atom stereocenters. The molecule has 1 aliphatic heterocycles. The molecule has 9 nitrogen and oxygen atoms in total. The van der Waals surface area contributed by atoms with Gasteiger partial charge in [-0.1, -0.05) is 23.7 Å². The molecular formula is C20H23ClN4O5S2. The molecule has 2 aromatic carbocycles. The summed E-state index contributed by atoms with van der Waals surface area (Å²) in [6.07, 6.45) is 0. The van der Waals surface area contributed by atoms with Crippen LogP contribution in [-0.4, -0.2) is 57.2 Å². The zero-order valence-corrected chi connectivity index (χ0v) is 19.6. The number of ether oxygens (including phenoxy) is 2. The quantitative estimate of drug-likeness (QED) is 0.408. The minimum absolute atomic E-state index is 0.0395. The van der Waals surface area contributed by atoms with E-state index in [0.717, 1.165) is 11.3 Å². The number of hydrazine groups is 1. The van der Waals surface area contributed by atoms with Crippen LogP contribution in [-0.2, 0) is 21.3 Å². The molecule has 2 aromatic rings. The molecule has 3 rings (SSSR count). The summed E-state index contributed by atoms with van der Waals surface area (Å²) in [5.74, 6) is 0.188. The first-order valence-electron chi connectivity index (χ1n) is 9.66. The maximum Gasteiger partial charge on any atom is 0.269 e. The van der Waals surface area contributed by atoms with Gasteiger partial charge in [-0.15, -0.1) is 0 Å². The highest BCUT2D eigenvalue weighted by molar-refractivity contribution is 7.89. The molecule has 1 amide bonds. The molecule has 0 aliphatic carbocycles. The maximum absolute atomic E-state index is 12.9. The van der Waals surface area contributed by atoms with E-state index in [-0.39, 0.29) is 33.7 Å². The largest absolute Gasteiger partial charge is 0.497 e. The number of hydrogen-bond donors (Lipinski definition) is 3. The van der Waals surface area contributed by atoms with E-state index in [9.17, 15) is 13.2 Å². The van der Waals surface area contributed by atoms with Gasteiger partial charge >= 0.3 is 0 Å². The third-order valence-electron chi connectivity index (χ3n) is 4.68. The zero-order chi connectivity index (χ0) is 23.1. The third-order valence-corrected chi connectivity index (χ3v) is 7.31. The van der Waals surface area contributed by atoms with Gasteiger partial charge in [0.25, 0.3) is 5.91 Å². The number of morpholine rings is 1. The van der Waals surface area contributed by atoms with Gasteiger partial charge in [0.2, 0.25) is 10.0 Å². The Balaban J connectivity index is 1.58. The van der Waals surface area contributed by atoms with Crippen LogP contribution < -0.4 is 20.9 Å². The molecule has 0 spiro atoms. The number of rotatable bonds is 6. The van der Waals surface area contributed by atoms with E-state index in [4.69, 9.17) is 33.3 Å². The Labute approximate surface area is 197 Å². The minimum atomic E-state index is -3.85. The van der Waals surface area contributed by atoms with Crippen LogP contribution in [0.4, 0.5) is 0 Å². The van der Waals surface area contributed by atoms with Crippen LogP contribution in [0.3, 0.4) is 0 Å². The predicted molar refractivity (Wildman–Crippen MR) is 124 cm³/mol. The van der Waals surface area contributed by atoms with Crippen molar-refractivity contribution >= 4 is 44.9 Å². The average molecular weight is 499 g/mol. The molecule has 1 saturated heterocycles. The Bertz CT molecular complexity index is 1070. The van der Waals surface area contributed by atoms with Crippen molar-refractivity contribution in [3.63, 3.8) is 0 Å². The number of halogens is 1. The fourth-order valence-corrected chi connectivity index (χ4v) is 4.96. The van der Waals surface area contributed by atoms with E-state index in [0.29, 0.717) is 19.8 Å². The van der Waals surface area contributed by atoms with Gasteiger partial charge in [-0.2, -0.15) is 4.31 Å². The Morgan fingerprint density at radius 2 is 1.84 bits per heavy atom. The summed E-state index contributed by atoms with van der Waals surface area (Å²) in [6, 6.07) is 11.5. The minimum Gasteiger partial charge on any atom is -0.497 e. The van der Waals surface area contributed by atoms with Crippen molar-refractivity contribution in [3.05, 3.63) is 58.6 Å². The van der Waals surface area contributed by atoms with Gasteiger partial charge in [0.05, 0.1) is 25.3 Å². The molecule has 0 atom stereocenters. The third kappa shape index (κ3) is 6.08. The van der Waals surface area contributed by atoms with Crippen LogP contribution in [0, 0.1) is 0 Å². The van der Waals surface area contributed by atoms with Gasteiger partial charge in [-0.3, -0.25) is 15.6 Å². The van der Waals surface area contributed by atoms with Gasteiger partial charge in [-0.25, -0.2) is 8.42 Å². The lowest BCUT2D eigenvalue weighted by atomic mass is 10.2. The second kappa shape index (κ2) is 10.9. The molecule has 3 N–H and O–H groups in total. The number of methoxy groups -OCH3 is 1. The summed E-state index contributed by atoms with van der Waals surface area (Å²) in [4.78, 5) is 12.4. The lowest BCUT2D eigenvalue weighted by Gasteiger charge is -2.26. The van der Waals surface area contributed by atoms with Gasteiger partial charge < -0.3 is 14.8 Å². The van der Waals surface area contributed by atoms with Crippen LogP contribution >= 0.6 is 23.8 Å². The van der Waals surface area contributed by atoms with Gasteiger partial charge in [0.1, 0.15) is 10.6 Å². The number of sulfonamides is 1. The fraction of sp³-hybridized carbons (Fsp3) is 0.300. The van der Waals surface area contributed by atoms with E-state index >= 15 is 0 Å². The average Bonchev–Trinajstić information content (AvgIpc) is 2.82. The van der Waals surface area contributed by atoms with Crippen molar-refractivity contribution in [2.75, 3.05) is 33.4 Å². The topological polar surface area (TPSA) is 109 Å². The lowest BCUT2D eigenvalue weighted by Crippen LogP contribution is -2.46. The number of nitrogens with zero attached hydrogens (tertiary/aromatic N) is 1. The van der Waals surface area contributed by atoms with Gasteiger partial charge in [-0.05, 0) is 48.1 Å². The SMILES string of the molecule is COc1ccc(CNC(=S)NNC(=O)c2ccc(Cl)c(S(=O)(=O)N3CCOCC3)c2)cc1. The molecule has 172 valence electrons.